The van der Waals surface area contributed by atoms with E-state index in [1.807, 2.05) is 0 Å². The first-order valence-electron chi connectivity index (χ1n) is 9.05. The lowest BCUT2D eigenvalue weighted by molar-refractivity contribution is -0.151. The molecule has 1 heterocycles. The van der Waals surface area contributed by atoms with Crippen LogP contribution in [0.5, 0.6) is 5.75 Å². The number of halogens is 1. The molecular weight excluding hydrogens is 396 g/mol. The number of esters is 1. The molecule has 3 rings (SSSR count). The van der Waals surface area contributed by atoms with E-state index in [0.717, 1.165) is 5.56 Å². The molecule has 7 nitrogen and oxygen atoms in total. The predicted molar refractivity (Wildman–Crippen MR) is 109 cm³/mol. The van der Waals surface area contributed by atoms with Crippen molar-refractivity contribution in [1.82, 2.24) is 0 Å². The second-order valence-electron chi connectivity index (χ2n) is 6.65. The Kier molecular flexibility index (Phi) is 6.39. The zero-order chi connectivity index (χ0) is 21.0. The van der Waals surface area contributed by atoms with E-state index in [2.05, 4.69) is 5.32 Å². The van der Waals surface area contributed by atoms with Gasteiger partial charge in [0.15, 0.2) is 6.61 Å². The lowest BCUT2D eigenvalue weighted by Gasteiger charge is -2.19. The van der Waals surface area contributed by atoms with Crippen LogP contribution in [0.25, 0.3) is 0 Å². The van der Waals surface area contributed by atoms with Crippen molar-refractivity contribution in [3.05, 3.63) is 53.1 Å². The van der Waals surface area contributed by atoms with Crippen LogP contribution in [0.2, 0.25) is 5.02 Å². The maximum atomic E-state index is 12.4. The van der Waals surface area contributed by atoms with Gasteiger partial charge < -0.3 is 19.7 Å². The average molecular weight is 417 g/mol. The molecule has 2 amide bonds. The third-order valence-corrected chi connectivity index (χ3v) is 5.13. The van der Waals surface area contributed by atoms with Crippen LogP contribution in [-0.4, -0.2) is 38.0 Å². The van der Waals surface area contributed by atoms with Gasteiger partial charge in [-0.3, -0.25) is 14.4 Å². The second kappa shape index (κ2) is 8.96. The van der Waals surface area contributed by atoms with Gasteiger partial charge in [-0.05, 0) is 36.8 Å². The van der Waals surface area contributed by atoms with Crippen LogP contribution >= 0.6 is 11.6 Å². The van der Waals surface area contributed by atoms with Crippen molar-refractivity contribution >= 4 is 40.8 Å². The average Bonchev–Trinajstić information content (AvgIpc) is 3.11. The van der Waals surface area contributed by atoms with Crippen LogP contribution in [0.1, 0.15) is 12.0 Å². The van der Waals surface area contributed by atoms with Crippen molar-refractivity contribution in [2.45, 2.75) is 13.3 Å². The van der Waals surface area contributed by atoms with Crippen LogP contribution in [0.3, 0.4) is 0 Å². The number of para-hydroxylation sites is 2. The Morgan fingerprint density at radius 2 is 1.97 bits per heavy atom. The van der Waals surface area contributed by atoms with Crippen LogP contribution in [-0.2, 0) is 19.1 Å². The van der Waals surface area contributed by atoms with Crippen molar-refractivity contribution in [2.24, 2.45) is 5.92 Å². The van der Waals surface area contributed by atoms with Crippen LogP contribution < -0.4 is 15.0 Å². The van der Waals surface area contributed by atoms with Gasteiger partial charge in [0, 0.05) is 23.7 Å². The minimum atomic E-state index is -0.645. The Morgan fingerprint density at radius 1 is 1.21 bits per heavy atom. The van der Waals surface area contributed by atoms with Gasteiger partial charge in [0.1, 0.15) is 5.75 Å². The SMILES string of the molecule is COc1ccccc1N1C[C@@H](C(=O)OCC(=O)Nc2cccc(Cl)c2C)CC1=O. The van der Waals surface area contributed by atoms with E-state index in [4.69, 9.17) is 21.1 Å². The lowest BCUT2D eigenvalue weighted by atomic mass is 10.1. The van der Waals surface area contributed by atoms with E-state index < -0.39 is 24.4 Å². The largest absolute Gasteiger partial charge is 0.495 e. The third kappa shape index (κ3) is 4.68. The van der Waals surface area contributed by atoms with Gasteiger partial charge in [-0.2, -0.15) is 0 Å². The molecule has 1 fully saturated rings. The molecule has 29 heavy (non-hydrogen) atoms. The Bertz CT molecular complexity index is 946. The van der Waals surface area contributed by atoms with Crippen molar-refractivity contribution < 1.29 is 23.9 Å². The van der Waals surface area contributed by atoms with Gasteiger partial charge in [0.25, 0.3) is 5.91 Å². The molecule has 1 N–H and O–H groups in total. The number of rotatable bonds is 6. The molecule has 1 saturated heterocycles. The molecule has 1 aliphatic rings. The third-order valence-electron chi connectivity index (χ3n) is 4.72. The quantitative estimate of drug-likeness (QED) is 0.731. The van der Waals surface area contributed by atoms with Crippen molar-refractivity contribution in [1.29, 1.82) is 0 Å². The summed E-state index contributed by atoms with van der Waals surface area (Å²) in [6, 6.07) is 12.2. The molecule has 0 radical (unpaired) electrons. The smallest absolute Gasteiger partial charge is 0.311 e. The zero-order valence-electron chi connectivity index (χ0n) is 16.1. The van der Waals surface area contributed by atoms with Gasteiger partial charge in [-0.1, -0.05) is 29.8 Å². The summed E-state index contributed by atoms with van der Waals surface area (Å²) < 4.78 is 10.4. The van der Waals surface area contributed by atoms with Crippen molar-refractivity contribution in [3.8, 4) is 5.75 Å². The first kappa shape index (κ1) is 20.7. The fourth-order valence-electron chi connectivity index (χ4n) is 3.13. The van der Waals surface area contributed by atoms with Crippen molar-refractivity contribution in [3.63, 3.8) is 0 Å². The van der Waals surface area contributed by atoms with Gasteiger partial charge in [0.05, 0.1) is 18.7 Å². The molecule has 2 aromatic rings. The molecule has 0 saturated carbocycles. The Hall–Kier alpha value is -3.06. The summed E-state index contributed by atoms with van der Waals surface area (Å²) in [5.74, 6) is -1.36. The Morgan fingerprint density at radius 3 is 2.72 bits per heavy atom. The summed E-state index contributed by atoms with van der Waals surface area (Å²) in [4.78, 5) is 38.3. The molecule has 0 bridgehead atoms. The predicted octanol–water partition coefficient (Wildman–Crippen LogP) is 3.19. The van der Waals surface area contributed by atoms with Gasteiger partial charge >= 0.3 is 5.97 Å². The molecule has 8 heteroatoms. The number of benzene rings is 2. The van der Waals surface area contributed by atoms with Gasteiger partial charge in [-0.25, -0.2) is 0 Å². The standard InChI is InChI=1S/C21H21ClN2O5/c1-13-15(22)6-5-7-16(13)23-19(25)12-29-21(27)14-10-20(26)24(11-14)17-8-3-4-9-18(17)28-2/h3-9,14H,10-12H2,1-2H3,(H,23,25)/t14-/m0/s1. The second-order valence-corrected chi connectivity index (χ2v) is 7.05. The fraction of sp³-hybridized carbons (Fsp3) is 0.286. The first-order valence-corrected chi connectivity index (χ1v) is 9.43. The summed E-state index contributed by atoms with van der Waals surface area (Å²) in [5, 5.41) is 3.19. The molecule has 1 aliphatic heterocycles. The van der Waals surface area contributed by atoms with E-state index in [0.29, 0.717) is 22.1 Å². The first-order chi connectivity index (χ1) is 13.9. The molecule has 1 atom stereocenters. The monoisotopic (exact) mass is 416 g/mol. The van der Waals surface area contributed by atoms with E-state index in [1.54, 1.807) is 49.4 Å². The van der Waals surface area contributed by atoms with E-state index in [-0.39, 0.29) is 18.9 Å². The maximum Gasteiger partial charge on any atom is 0.311 e. The number of nitrogens with one attached hydrogen (secondary N) is 1. The minimum Gasteiger partial charge on any atom is -0.495 e. The summed E-state index contributed by atoms with van der Waals surface area (Å²) in [6.07, 6.45) is 0.0197. The highest BCUT2D eigenvalue weighted by Gasteiger charge is 2.37. The van der Waals surface area contributed by atoms with Gasteiger partial charge in [-0.15, -0.1) is 0 Å². The number of hydrogen-bond donors (Lipinski definition) is 1. The number of ether oxygens (including phenoxy) is 2. The summed E-state index contributed by atoms with van der Waals surface area (Å²) in [6.45, 7) is 1.51. The summed E-state index contributed by atoms with van der Waals surface area (Å²) >= 11 is 6.03. The highest BCUT2D eigenvalue weighted by atomic mass is 35.5. The summed E-state index contributed by atoms with van der Waals surface area (Å²) in [7, 11) is 1.52. The Balaban J connectivity index is 1.57. The number of hydrogen-bond acceptors (Lipinski definition) is 5. The van der Waals surface area contributed by atoms with E-state index in [1.165, 1.54) is 12.0 Å². The van der Waals surface area contributed by atoms with Crippen molar-refractivity contribution in [2.75, 3.05) is 30.5 Å². The fourth-order valence-corrected chi connectivity index (χ4v) is 3.31. The highest BCUT2D eigenvalue weighted by Crippen LogP contribution is 2.33. The molecular formula is C21H21ClN2O5. The van der Waals surface area contributed by atoms with Crippen LogP contribution in [0, 0.1) is 12.8 Å². The zero-order valence-corrected chi connectivity index (χ0v) is 16.9. The number of carbonyl (C=O) groups excluding carboxylic acids is 3. The molecule has 2 aromatic carbocycles. The number of amides is 2. The molecule has 0 spiro atoms. The lowest BCUT2D eigenvalue weighted by Crippen LogP contribution is -2.28. The number of methoxy groups -OCH3 is 1. The molecule has 0 aromatic heterocycles. The number of carbonyl (C=O) groups is 3. The van der Waals surface area contributed by atoms with Gasteiger partial charge in [0.2, 0.25) is 5.91 Å². The van der Waals surface area contributed by atoms with Crippen LogP contribution in [0.4, 0.5) is 11.4 Å². The highest BCUT2D eigenvalue weighted by molar-refractivity contribution is 6.31. The normalized spacial score (nSPS) is 15.9. The molecule has 0 unspecified atom stereocenters. The number of nitrogens with zero attached hydrogens (tertiary/aromatic N) is 1. The summed E-state index contributed by atoms with van der Waals surface area (Å²) in [5.41, 5.74) is 1.88. The van der Waals surface area contributed by atoms with E-state index >= 15 is 0 Å². The minimum absolute atomic E-state index is 0.0197. The maximum absolute atomic E-state index is 12.4. The Labute approximate surface area is 173 Å². The van der Waals surface area contributed by atoms with Crippen LogP contribution in [0.15, 0.2) is 42.5 Å². The number of anilines is 2. The topological polar surface area (TPSA) is 84.9 Å². The molecule has 152 valence electrons. The molecule has 0 aliphatic carbocycles. The van der Waals surface area contributed by atoms with E-state index in [9.17, 15) is 14.4 Å².